The summed E-state index contributed by atoms with van der Waals surface area (Å²) in [6.45, 7) is 10.7. The Hall–Kier alpha value is -2.32. The van der Waals surface area contributed by atoms with E-state index < -0.39 is 0 Å². The second kappa shape index (κ2) is 5.53. The molecule has 0 aromatic heterocycles. The fraction of sp³-hybridized carbons (Fsp3) is 0.143. The molecular weight excluding hydrogens is 196 g/mol. The summed E-state index contributed by atoms with van der Waals surface area (Å²) in [5.74, 6) is 0. The van der Waals surface area contributed by atoms with Gasteiger partial charge in [0.05, 0.1) is 18.2 Å². The lowest BCUT2D eigenvalue weighted by Gasteiger charge is -2.01. The summed E-state index contributed by atoms with van der Waals surface area (Å²) in [5, 5.41) is 8.87. The normalized spacial score (nSPS) is 11.8. The molecule has 0 radical (unpaired) electrons. The molecule has 0 N–H and O–H groups in total. The molecule has 1 aromatic carbocycles. The van der Waals surface area contributed by atoms with Gasteiger partial charge in [-0.25, -0.2) is 4.85 Å². The molecule has 0 aliphatic heterocycles. The zero-order valence-electron chi connectivity index (χ0n) is 9.36. The summed E-state index contributed by atoms with van der Waals surface area (Å²) >= 11 is 0. The Morgan fingerprint density at radius 1 is 1.19 bits per heavy atom. The number of hydrogen-bond acceptors (Lipinski definition) is 1. The highest BCUT2D eigenvalue weighted by Gasteiger charge is 2.02. The molecule has 0 fully saturated rings. The first kappa shape index (κ1) is 11.8. The minimum Gasteiger partial charge on any atom is -0.238 e. The van der Waals surface area contributed by atoms with E-state index in [4.69, 9.17) is 11.8 Å². The van der Waals surface area contributed by atoms with Gasteiger partial charge in [0.15, 0.2) is 5.70 Å². The summed E-state index contributed by atoms with van der Waals surface area (Å²) in [6, 6.07) is 9.59. The minimum atomic E-state index is 0.630. The fourth-order valence-corrected chi connectivity index (χ4v) is 1.41. The van der Waals surface area contributed by atoms with Crippen LogP contribution in [0, 0.1) is 17.9 Å². The van der Waals surface area contributed by atoms with Crippen LogP contribution in [0.15, 0.2) is 36.4 Å². The minimum absolute atomic E-state index is 0.630. The topological polar surface area (TPSA) is 28.1 Å². The number of hydrogen-bond donors (Lipinski definition) is 0. The lowest BCUT2D eigenvalue weighted by molar-refractivity contribution is 1.50. The third-order valence-corrected chi connectivity index (χ3v) is 2.29. The van der Waals surface area contributed by atoms with E-state index >= 15 is 0 Å². The summed E-state index contributed by atoms with van der Waals surface area (Å²) in [4.78, 5) is 3.42. The smallest absolute Gasteiger partial charge is 0.190 e. The van der Waals surface area contributed by atoms with Crippen molar-refractivity contribution in [1.82, 2.24) is 0 Å². The average Bonchev–Trinajstić information content (AvgIpc) is 2.34. The lowest BCUT2D eigenvalue weighted by atomic mass is 10.0. The first-order valence-electron chi connectivity index (χ1n) is 4.97. The molecule has 16 heavy (non-hydrogen) atoms. The molecule has 0 aliphatic carbocycles. The molecule has 2 heteroatoms. The second-order valence-corrected chi connectivity index (χ2v) is 3.18. The number of benzene rings is 1. The highest BCUT2D eigenvalue weighted by molar-refractivity contribution is 5.78. The molecule has 0 unspecified atom stereocenters. The number of rotatable bonds is 2. The number of nitrogens with zero attached hydrogens (tertiary/aromatic N) is 2. The predicted octanol–water partition coefficient (Wildman–Crippen LogP) is 3.89. The molecular formula is C14H12N2. The van der Waals surface area contributed by atoms with Gasteiger partial charge in [-0.2, -0.15) is 5.26 Å². The molecule has 0 saturated carbocycles. The Morgan fingerprint density at radius 2 is 1.75 bits per heavy atom. The van der Waals surface area contributed by atoms with E-state index in [1.54, 1.807) is 12.2 Å². The van der Waals surface area contributed by atoms with Crippen LogP contribution in [0.1, 0.15) is 25.0 Å². The van der Waals surface area contributed by atoms with Gasteiger partial charge in [0.25, 0.3) is 0 Å². The largest absolute Gasteiger partial charge is 0.238 e. The van der Waals surface area contributed by atoms with Crippen LogP contribution in [0.2, 0.25) is 0 Å². The third-order valence-electron chi connectivity index (χ3n) is 2.29. The number of allylic oxidation sites excluding steroid dienone is 3. The van der Waals surface area contributed by atoms with Crippen LogP contribution < -0.4 is 0 Å². The highest BCUT2D eigenvalue weighted by Crippen LogP contribution is 2.19. The van der Waals surface area contributed by atoms with Crippen molar-refractivity contribution < 1.29 is 0 Å². The lowest BCUT2D eigenvalue weighted by Crippen LogP contribution is -1.83. The average molecular weight is 208 g/mol. The van der Waals surface area contributed by atoms with Gasteiger partial charge in [0, 0.05) is 0 Å². The molecule has 0 heterocycles. The van der Waals surface area contributed by atoms with E-state index in [0.717, 1.165) is 11.1 Å². The third kappa shape index (κ3) is 2.38. The molecule has 0 aliphatic rings. The van der Waals surface area contributed by atoms with Crippen LogP contribution >= 0.6 is 0 Å². The zero-order valence-corrected chi connectivity index (χ0v) is 9.36. The fourth-order valence-electron chi connectivity index (χ4n) is 1.41. The molecule has 0 saturated heterocycles. The summed E-state index contributed by atoms with van der Waals surface area (Å²) in [7, 11) is 0. The molecule has 0 spiro atoms. The Bertz CT molecular complexity index is 456. The van der Waals surface area contributed by atoms with Crippen molar-refractivity contribution in [1.29, 1.82) is 5.26 Å². The summed E-state index contributed by atoms with van der Waals surface area (Å²) in [5.41, 5.74) is 3.05. The van der Waals surface area contributed by atoms with Crippen molar-refractivity contribution in [3.8, 4) is 6.07 Å². The van der Waals surface area contributed by atoms with Gasteiger partial charge in [-0.15, -0.1) is 0 Å². The van der Waals surface area contributed by atoms with Crippen molar-refractivity contribution in [2.24, 2.45) is 0 Å². The Balaban J connectivity index is 3.12. The maximum Gasteiger partial charge on any atom is 0.190 e. The van der Waals surface area contributed by atoms with E-state index in [0.29, 0.717) is 11.3 Å². The van der Waals surface area contributed by atoms with Gasteiger partial charge in [0.2, 0.25) is 0 Å². The Kier molecular flexibility index (Phi) is 4.07. The van der Waals surface area contributed by atoms with Crippen LogP contribution in [0.5, 0.6) is 0 Å². The van der Waals surface area contributed by atoms with E-state index in [1.807, 2.05) is 38.1 Å². The molecule has 1 aromatic rings. The van der Waals surface area contributed by atoms with Crippen molar-refractivity contribution in [3.05, 3.63) is 59.0 Å². The molecule has 0 bridgehead atoms. The van der Waals surface area contributed by atoms with Gasteiger partial charge in [0.1, 0.15) is 0 Å². The SMILES string of the molecule is [C-]#[N+]/C(=C\C)c1ccc(/C(C#N)=C/C)cc1. The molecule has 1 rings (SSSR count). The molecule has 2 nitrogen and oxygen atoms in total. The second-order valence-electron chi connectivity index (χ2n) is 3.18. The Labute approximate surface area is 96.0 Å². The summed E-state index contributed by atoms with van der Waals surface area (Å²) in [6.07, 6.45) is 3.56. The Morgan fingerprint density at radius 3 is 2.12 bits per heavy atom. The maximum atomic E-state index is 8.87. The van der Waals surface area contributed by atoms with Gasteiger partial charge in [-0.05, 0) is 18.1 Å². The first-order chi connectivity index (χ1) is 7.76. The van der Waals surface area contributed by atoms with E-state index in [1.165, 1.54) is 0 Å². The van der Waals surface area contributed by atoms with E-state index in [-0.39, 0.29) is 0 Å². The van der Waals surface area contributed by atoms with Crippen molar-refractivity contribution >= 4 is 11.3 Å². The van der Waals surface area contributed by atoms with E-state index in [9.17, 15) is 0 Å². The maximum absolute atomic E-state index is 8.87. The highest BCUT2D eigenvalue weighted by atomic mass is 14.7. The van der Waals surface area contributed by atoms with Crippen LogP contribution in [0.3, 0.4) is 0 Å². The van der Waals surface area contributed by atoms with Crippen LogP contribution in [-0.4, -0.2) is 0 Å². The van der Waals surface area contributed by atoms with E-state index in [2.05, 4.69) is 10.9 Å². The predicted molar refractivity (Wildman–Crippen MR) is 66.0 cm³/mol. The van der Waals surface area contributed by atoms with Crippen LogP contribution in [0.25, 0.3) is 16.1 Å². The van der Waals surface area contributed by atoms with Crippen LogP contribution in [0.4, 0.5) is 0 Å². The molecule has 0 atom stereocenters. The molecule has 0 amide bonds. The van der Waals surface area contributed by atoms with Crippen molar-refractivity contribution in [2.45, 2.75) is 13.8 Å². The van der Waals surface area contributed by atoms with Crippen molar-refractivity contribution in [3.63, 3.8) is 0 Å². The zero-order chi connectivity index (χ0) is 12.0. The summed E-state index contributed by atoms with van der Waals surface area (Å²) < 4.78 is 0. The monoisotopic (exact) mass is 208 g/mol. The first-order valence-corrected chi connectivity index (χ1v) is 4.97. The van der Waals surface area contributed by atoms with Gasteiger partial charge < -0.3 is 0 Å². The van der Waals surface area contributed by atoms with Gasteiger partial charge in [-0.3, -0.25) is 0 Å². The standard InChI is InChI=1S/C14H12N2/c1-4-11(10-15)12-6-8-13(9-7-12)14(5-2)16-3/h4-9H,1-2H3/b11-4+,14-5-. The van der Waals surface area contributed by atoms with Crippen molar-refractivity contribution in [2.75, 3.05) is 0 Å². The van der Waals surface area contributed by atoms with Crippen LogP contribution in [-0.2, 0) is 0 Å². The van der Waals surface area contributed by atoms with Gasteiger partial charge in [-0.1, -0.05) is 43.3 Å². The quantitative estimate of drug-likeness (QED) is 0.535. The molecule has 78 valence electrons. The number of nitriles is 1. The van der Waals surface area contributed by atoms with Gasteiger partial charge >= 0.3 is 0 Å².